The molecular formula is C20H17N3O2S. The molecule has 130 valence electrons. The first-order valence-corrected chi connectivity index (χ1v) is 9.21. The molecule has 2 aromatic carbocycles. The number of ether oxygens (including phenoxy) is 1. The third-order valence-electron chi connectivity index (χ3n) is 3.95. The van der Waals surface area contributed by atoms with Crippen molar-refractivity contribution in [1.29, 1.82) is 0 Å². The second-order valence-electron chi connectivity index (χ2n) is 5.84. The van der Waals surface area contributed by atoms with Crippen molar-refractivity contribution in [3.05, 3.63) is 86.4 Å². The number of rotatable bonds is 5. The van der Waals surface area contributed by atoms with Crippen LogP contribution in [0.4, 0.5) is 0 Å². The number of thiazole rings is 1. The fraction of sp³-hybridized carbons (Fsp3) is 0.150. The van der Waals surface area contributed by atoms with Gasteiger partial charge in [0.1, 0.15) is 12.4 Å². The van der Waals surface area contributed by atoms with Crippen molar-refractivity contribution in [3.8, 4) is 5.75 Å². The molecule has 6 heteroatoms. The molecule has 0 fully saturated rings. The Morgan fingerprint density at radius 3 is 2.77 bits per heavy atom. The first kappa shape index (κ1) is 16.5. The number of aromatic nitrogens is 3. The molecule has 0 unspecified atom stereocenters. The van der Waals surface area contributed by atoms with E-state index in [1.54, 1.807) is 0 Å². The maximum Gasteiger partial charge on any atom is 0.291 e. The van der Waals surface area contributed by atoms with Gasteiger partial charge in [0, 0.05) is 6.42 Å². The smallest absolute Gasteiger partial charge is 0.291 e. The number of aryl methyl sites for hydroxylation is 1. The predicted molar refractivity (Wildman–Crippen MR) is 103 cm³/mol. The lowest BCUT2D eigenvalue weighted by atomic mass is 10.2. The van der Waals surface area contributed by atoms with Crippen LogP contribution in [0.15, 0.2) is 59.4 Å². The molecule has 0 bridgehead atoms. The number of benzene rings is 2. The maximum absolute atomic E-state index is 12.5. The Bertz CT molecular complexity index is 1150. The molecule has 4 rings (SSSR count). The van der Waals surface area contributed by atoms with Crippen molar-refractivity contribution in [3.63, 3.8) is 0 Å². The van der Waals surface area contributed by atoms with Crippen LogP contribution in [0.2, 0.25) is 0 Å². The van der Waals surface area contributed by atoms with E-state index in [4.69, 9.17) is 4.74 Å². The minimum atomic E-state index is -0.132. The minimum absolute atomic E-state index is 0.132. The zero-order valence-electron chi connectivity index (χ0n) is 14.3. The second-order valence-corrected chi connectivity index (χ2v) is 6.85. The molecule has 0 saturated heterocycles. The Morgan fingerprint density at radius 1 is 1.15 bits per heavy atom. The Labute approximate surface area is 154 Å². The topological polar surface area (TPSA) is 56.5 Å². The largest absolute Gasteiger partial charge is 0.489 e. The predicted octanol–water partition coefficient (Wildman–Crippen LogP) is 2.84. The van der Waals surface area contributed by atoms with Gasteiger partial charge in [-0.1, -0.05) is 60.7 Å². The molecule has 0 aliphatic carbocycles. The van der Waals surface area contributed by atoms with Crippen LogP contribution in [-0.2, 0) is 13.0 Å². The molecule has 0 spiro atoms. The number of hydrogen-bond donors (Lipinski definition) is 0. The summed E-state index contributed by atoms with van der Waals surface area (Å²) < 4.78 is 7.84. The van der Waals surface area contributed by atoms with E-state index >= 15 is 0 Å². The molecule has 0 amide bonds. The minimum Gasteiger partial charge on any atom is -0.489 e. The summed E-state index contributed by atoms with van der Waals surface area (Å²) in [6, 6.07) is 17.7. The molecule has 5 nitrogen and oxygen atoms in total. The molecule has 2 heterocycles. The van der Waals surface area contributed by atoms with Crippen molar-refractivity contribution in [2.75, 3.05) is 0 Å². The van der Waals surface area contributed by atoms with Crippen LogP contribution in [0, 0.1) is 0 Å². The van der Waals surface area contributed by atoms with E-state index in [-0.39, 0.29) is 5.56 Å². The van der Waals surface area contributed by atoms with Crippen molar-refractivity contribution < 1.29 is 4.74 Å². The van der Waals surface area contributed by atoms with Crippen molar-refractivity contribution in [2.45, 2.75) is 20.0 Å². The van der Waals surface area contributed by atoms with E-state index in [2.05, 4.69) is 10.1 Å². The van der Waals surface area contributed by atoms with E-state index in [1.165, 1.54) is 15.9 Å². The van der Waals surface area contributed by atoms with E-state index in [0.717, 1.165) is 16.9 Å². The van der Waals surface area contributed by atoms with Crippen LogP contribution in [0.5, 0.6) is 5.75 Å². The van der Waals surface area contributed by atoms with Crippen LogP contribution >= 0.6 is 11.3 Å². The lowest BCUT2D eigenvalue weighted by Gasteiger charge is -2.06. The first-order valence-electron chi connectivity index (χ1n) is 8.40. The van der Waals surface area contributed by atoms with Crippen LogP contribution < -0.4 is 14.8 Å². The summed E-state index contributed by atoms with van der Waals surface area (Å²) in [5.41, 5.74) is 1.89. The molecule has 0 aliphatic rings. The molecule has 0 N–H and O–H groups in total. The highest BCUT2D eigenvalue weighted by Crippen LogP contribution is 2.16. The van der Waals surface area contributed by atoms with E-state index < -0.39 is 0 Å². The van der Waals surface area contributed by atoms with E-state index in [9.17, 15) is 4.79 Å². The van der Waals surface area contributed by atoms with Gasteiger partial charge in [0.15, 0.2) is 5.82 Å². The maximum atomic E-state index is 12.5. The average Bonchev–Trinajstić information content (AvgIpc) is 3.21. The summed E-state index contributed by atoms with van der Waals surface area (Å²) in [5.74, 6) is 1.46. The summed E-state index contributed by atoms with van der Waals surface area (Å²) in [5, 5.41) is 4.23. The third kappa shape index (κ3) is 3.36. The normalized spacial score (nSPS) is 12.0. The van der Waals surface area contributed by atoms with Gasteiger partial charge in [-0.25, -0.2) is 4.98 Å². The molecule has 4 aromatic rings. The number of nitrogens with zero attached hydrogens (tertiary/aromatic N) is 3. The van der Waals surface area contributed by atoms with Gasteiger partial charge in [-0.3, -0.25) is 4.79 Å². The van der Waals surface area contributed by atoms with Crippen LogP contribution in [0.25, 0.3) is 11.0 Å². The Kier molecular flexibility index (Phi) is 4.50. The van der Waals surface area contributed by atoms with Gasteiger partial charge in [0.05, 0.1) is 4.53 Å². The van der Waals surface area contributed by atoms with Crippen molar-refractivity contribution >= 4 is 22.4 Å². The zero-order chi connectivity index (χ0) is 17.9. The highest BCUT2D eigenvalue weighted by molar-refractivity contribution is 7.15. The highest BCUT2D eigenvalue weighted by atomic mass is 32.1. The highest BCUT2D eigenvalue weighted by Gasteiger charge is 2.09. The molecule has 0 atom stereocenters. The van der Waals surface area contributed by atoms with Gasteiger partial charge < -0.3 is 4.74 Å². The Hall–Kier alpha value is -2.99. The van der Waals surface area contributed by atoms with Gasteiger partial charge >= 0.3 is 0 Å². The monoisotopic (exact) mass is 363 g/mol. The van der Waals surface area contributed by atoms with Crippen LogP contribution in [0.3, 0.4) is 0 Å². The summed E-state index contributed by atoms with van der Waals surface area (Å²) in [4.78, 5) is 17.5. The third-order valence-corrected chi connectivity index (χ3v) is 4.91. The second kappa shape index (κ2) is 7.09. The number of hydrogen-bond acceptors (Lipinski definition) is 5. The first-order chi connectivity index (χ1) is 12.7. The van der Waals surface area contributed by atoms with Crippen molar-refractivity contribution in [2.24, 2.45) is 0 Å². The van der Waals surface area contributed by atoms with E-state index in [1.807, 2.05) is 67.6 Å². The molecular weight excluding hydrogens is 346 g/mol. The summed E-state index contributed by atoms with van der Waals surface area (Å²) in [7, 11) is 0. The SMILES string of the molecule is CCc1nc2s/c(=C\c3cccc(OCc4ccccc4)c3)c(=O)n2n1. The fourth-order valence-electron chi connectivity index (χ4n) is 2.61. The van der Waals surface area contributed by atoms with Gasteiger partial charge in [-0.2, -0.15) is 4.52 Å². The zero-order valence-corrected chi connectivity index (χ0v) is 15.1. The van der Waals surface area contributed by atoms with E-state index in [0.29, 0.717) is 28.3 Å². The number of fused-ring (bicyclic) bond motifs is 1. The summed E-state index contributed by atoms with van der Waals surface area (Å²) in [6.07, 6.45) is 2.57. The Balaban J connectivity index is 1.60. The summed E-state index contributed by atoms with van der Waals surface area (Å²) in [6.45, 7) is 2.48. The van der Waals surface area contributed by atoms with Gasteiger partial charge in [0.2, 0.25) is 4.96 Å². The lowest BCUT2D eigenvalue weighted by molar-refractivity contribution is 0.306. The average molecular weight is 363 g/mol. The molecule has 0 aliphatic heterocycles. The molecule has 0 saturated carbocycles. The van der Waals surface area contributed by atoms with Gasteiger partial charge in [-0.15, -0.1) is 5.10 Å². The van der Waals surface area contributed by atoms with Gasteiger partial charge in [-0.05, 0) is 29.3 Å². The van der Waals surface area contributed by atoms with Crippen molar-refractivity contribution in [1.82, 2.24) is 14.6 Å². The Morgan fingerprint density at radius 2 is 2.00 bits per heavy atom. The lowest BCUT2D eigenvalue weighted by Crippen LogP contribution is -2.23. The van der Waals surface area contributed by atoms with Crippen LogP contribution in [0.1, 0.15) is 23.9 Å². The fourth-order valence-corrected chi connectivity index (χ4v) is 3.54. The van der Waals surface area contributed by atoms with Crippen LogP contribution in [-0.4, -0.2) is 14.6 Å². The summed E-state index contributed by atoms with van der Waals surface area (Å²) >= 11 is 1.35. The standard InChI is InChI=1S/C20H17N3O2S/c1-2-18-21-20-23(22-18)19(24)17(26-20)12-15-9-6-10-16(11-15)25-13-14-7-4-3-5-8-14/h3-12H,2,13H2,1H3/b17-12-. The van der Waals surface area contributed by atoms with Gasteiger partial charge in [0.25, 0.3) is 5.56 Å². The molecule has 0 radical (unpaired) electrons. The quantitative estimate of drug-likeness (QED) is 0.547. The molecule has 26 heavy (non-hydrogen) atoms. The molecule has 2 aromatic heterocycles.